The molecule has 0 spiro atoms. The van der Waals surface area contributed by atoms with E-state index in [2.05, 4.69) is 0 Å². The molecule has 0 saturated carbocycles. The summed E-state index contributed by atoms with van der Waals surface area (Å²) >= 11 is 0. The fraction of sp³-hybridized carbons (Fsp3) is 0.846. The van der Waals surface area contributed by atoms with Gasteiger partial charge >= 0.3 is 5.97 Å². The molecule has 0 aliphatic carbocycles. The van der Waals surface area contributed by atoms with Gasteiger partial charge in [0.1, 0.15) is 6.04 Å². The Balaban J connectivity index is 2.99. The second-order valence-electron chi connectivity index (χ2n) is 5.24. The van der Waals surface area contributed by atoms with Crippen LogP contribution in [-0.2, 0) is 9.59 Å². The molecule has 0 aromatic carbocycles. The maximum Gasteiger partial charge on any atom is 0.326 e. The van der Waals surface area contributed by atoms with Gasteiger partial charge in [-0.2, -0.15) is 0 Å². The lowest BCUT2D eigenvalue weighted by Crippen LogP contribution is -2.52. The zero-order chi connectivity index (χ0) is 13.9. The van der Waals surface area contributed by atoms with Gasteiger partial charge in [0, 0.05) is 13.1 Å². The van der Waals surface area contributed by atoms with Crippen molar-refractivity contribution in [3.8, 4) is 0 Å². The molecule has 0 aromatic heterocycles. The number of hydrogen-bond acceptors (Lipinski definition) is 3. The lowest BCUT2D eigenvalue weighted by molar-refractivity contribution is -0.154. The Labute approximate surface area is 108 Å². The second kappa shape index (κ2) is 5.69. The zero-order valence-electron chi connectivity index (χ0n) is 11.5. The highest BCUT2D eigenvalue weighted by atomic mass is 16.4. The molecule has 18 heavy (non-hydrogen) atoms. The maximum atomic E-state index is 12.6. The molecule has 5 nitrogen and oxygen atoms in total. The number of carbonyl (C=O) groups excluding carboxylic acids is 1. The molecule has 104 valence electrons. The van der Waals surface area contributed by atoms with Gasteiger partial charge in [-0.1, -0.05) is 20.8 Å². The van der Waals surface area contributed by atoms with Crippen molar-refractivity contribution in [3.63, 3.8) is 0 Å². The number of amides is 1. The van der Waals surface area contributed by atoms with Gasteiger partial charge in [-0.3, -0.25) is 4.79 Å². The number of nitrogens with two attached hydrogens (primary N) is 1. The van der Waals surface area contributed by atoms with E-state index in [-0.39, 0.29) is 18.4 Å². The van der Waals surface area contributed by atoms with Crippen molar-refractivity contribution in [1.29, 1.82) is 0 Å². The van der Waals surface area contributed by atoms with Crippen LogP contribution in [0.4, 0.5) is 0 Å². The summed E-state index contributed by atoms with van der Waals surface area (Å²) in [7, 11) is 0. The highest BCUT2D eigenvalue weighted by molar-refractivity contribution is 5.88. The van der Waals surface area contributed by atoms with E-state index in [1.807, 2.05) is 20.8 Å². The Morgan fingerprint density at radius 1 is 1.39 bits per heavy atom. The van der Waals surface area contributed by atoms with Crippen LogP contribution in [0.2, 0.25) is 0 Å². The maximum absolute atomic E-state index is 12.6. The predicted molar refractivity (Wildman–Crippen MR) is 69.0 cm³/mol. The number of hydrogen-bond donors (Lipinski definition) is 2. The van der Waals surface area contributed by atoms with Crippen LogP contribution < -0.4 is 5.73 Å². The minimum Gasteiger partial charge on any atom is -0.480 e. The smallest absolute Gasteiger partial charge is 0.326 e. The Bertz CT molecular complexity index is 318. The van der Waals surface area contributed by atoms with Gasteiger partial charge in [-0.15, -0.1) is 0 Å². The van der Waals surface area contributed by atoms with Crippen molar-refractivity contribution in [2.45, 2.75) is 46.1 Å². The third-order valence-electron chi connectivity index (χ3n) is 4.41. The van der Waals surface area contributed by atoms with Gasteiger partial charge in [-0.25, -0.2) is 4.79 Å². The largest absolute Gasteiger partial charge is 0.480 e. The Morgan fingerprint density at radius 2 is 1.94 bits per heavy atom. The Morgan fingerprint density at radius 3 is 2.33 bits per heavy atom. The lowest BCUT2D eigenvalue weighted by atomic mass is 9.80. The van der Waals surface area contributed by atoms with Crippen molar-refractivity contribution in [2.24, 2.45) is 17.1 Å². The molecule has 1 heterocycles. The summed E-state index contributed by atoms with van der Waals surface area (Å²) in [6.45, 7) is 6.55. The van der Waals surface area contributed by atoms with Crippen LogP contribution in [0.25, 0.3) is 0 Å². The van der Waals surface area contributed by atoms with E-state index < -0.39 is 17.4 Å². The fourth-order valence-electron chi connectivity index (χ4n) is 2.78. The average Bonchev–Trinajstić information content (AvgIpc) is 2.74. The molecule has 1 rings (SSSR count). The summed E-state index contributed by atoms with van der Waals surface area (Å²) in [6, 6.07) is -0.693. The number of rotatable bonds is 5. The predicted octanol–water partition coefficient (Wildman–Crippen LogP) is 1.07. The van der Waals surface area contributed by atoms with Gasteiger partial charge < -0.3 is 15.7 Å². The summed E-state index contributed by atoms with van der Waals surface area (Å²) in [5.74, 6) is -0.992. The van der Waals surface area contributed by atoms with Gasteiger partial charge in [0.2, 0.25) is 5.91 Å². The van der Waals surface area contributed by atoms with Gasteiger partial charge in [0.25, 0.3) is 0 Å². The number of carboxylic acids is 1. The first-order valence-electron chi connectivity index (χ1n) is 6.67. The van der Waals surface area contributed by atoms with E-state index >= 15 is 0 Å². The second-order valence-corrected chi connectivity index (χ2v) is 5.24. The molecule has 5 heteroatoms. The number of carboxylic acid groups (broad SMARTS) is 1. The number of aliphatic carboxylic acids is 1. The van der Waals surface area contributed by atoms with Crippen molar-refractivity contribution in [1.82, 2.24) is 4.90 Å². The minimum atomic E-state index is -0.911. The molecule has 0 radical (unpaired) electrons. The lowest BCUT2D eigenvalue weighted by Gasteiger charge is -2.35. The van der Waals surface area contributed by atoms with E-state index in [4.69, 9.17) is 5.73 Å². The molecular weight excluding hydrogens is 232 g/mol. The van der Waals surface area contributed by atoms with Crippen LogP contribution in [0, 0.1) is 11.3 Å². The molecule has 1 saturated heterocycles. The normalized spacial score (nSPS) is 24.3. The van der Waals surface area contributed by atoms with E-state index in [9.17, 15) is 14.7 Å². The van der Waals surface area contributed by atoms with E-state index in [0.717, 1.165) is 6.42 Å². The first kappa shape index (κ1) is 15.0. The van der Waals surface area contributed by atoms with E-state index in [1.54, 1.807) is 0 Å². The summed E-state index contributed by atoms with van der Waals surface area (Å²) in [4.78, 5) is 25.4. The summed E-state index contributed by atoms with van der Waals surface area (Å²) in [5, 5.41) is 9.26. The summed E-state index contributed by atoms with van der Waals surface area (Å²) in [5.41, 5.74) is 5.16. The van der Waals surface area contributed by atoms with Gasteiger partial charge in [0.05, 0.1) is 5.41 Å². The minimum absolute atomic E-state index is 0.00985. The highest BCUT2D eigenvalue weighted by Crippen LogP contribution is 2.33. The molecule has 3 N–H and O–H groups in total. The van der Waals surface area contributed by atoms with Crippen molar-refractivity contribution in [2.75, 3.05) is 13.1 Å². The summed E-state index contributed by atoms with van der Waals surface area (Å²) < 4.78 is 0. The van der Waals surface area contributed by atoms with Crippen molar-refractivity contribution in [3.05, 3.63) is 0 Å². The average molecular weight is 256 g/mol. The van der Waals surface area contributed by atoms with Crippen LogP contribution in [0.1, 0.15) is 40.0 Å². The van der Waals surface area contributed by atoms with Crippen LogP contribution in [-0.4, -0.2) is 41.0 Å². The first-order chi connectivity index (χ1) is 8.43. The molecule has 0 bridgehead atoms. The SMILES string of the molecule is CCC(CC)(CN)C(=O)N1CCC(C)C1C(=O)O. The standard InChI is InChI=1S/C13H24N2O3/c1-4-13(5-2,8-14)12(18)15-7-6-9(3)10(15)11(16)17/h9-10H,4-8,14H2,1-3H3,(H,16,17). The topological polar surface area (TPSA) is 83.6 Å². The van der Waals surface area contributed by atoms with Gasteiger partial charge in [0.15, 0.2) is 0 Å². The van der Waals surface area contributed by atoms with Crippen molar-refractivity contribution >= 4 is 11.9 Å². The molecule has 2 atom stereocenters. The highest BCUT2D eigenvalue weighted by Gasteiger charge is 2.45. The monoisotopic (exact) mass is 256 g/mol. The molecule has 0 aromatic rings. The zero-order valence-corrected chi connectivity index (χ0v) is 11.5. The molecule has 1 aliphatic rings. The first-order valence-corrected chi connectivity index (χ1v) is 6.67. The van der Waals surface area contributed by atoms with Crippen LogP contribution >= 0.6 is 0 Å². The van der Waals surface area contributed by atoms with Crippen molar-refractivity contribution < 1.29 is 14.7 Å². The number of nitrogens with zero attached hydrogens (tertiary/aromatic N) is 1. The van der Waals surface area contributed by atoms with Crippen LogP contribution in [0.3, 0.4) is 0 Å². The quantitative estimate of drug-likeness (QED) is 0.770. The Hall–Kier alpha value is -1.10. The molecular formula is C13H24N2O3. The van der Waals surface area contributed by atoms with Crippen LogP contribution in [0.5, 0.6) is 0 Å². The van der Waals surface area contributed by atoms with E-state index in [0.29, 0.717) is 19.4 Å². The molecule has 2 unspecified atom stereocenters. The molecule has 1 fully saturated rings. The fourth-order valence-corrected chi connectivity index (χ4v) is 2.78. The number of likely N-dealkylation sites (tertiary alicyclic amines) is 1. The number of carbonyl (C=O) groups is 2. The molecule has 1 amide bonds. The van der Waals surface area contributed by atoms with E-state index in [1.165, 1.54) is 4.90 Å². The van der Waals surface area contributed by atoms with Crippen LogP contribution in [0.15, 0.2) is 0 Å². The Kier molecular flexibility index (Phi) is 4.73. The summed E-state index contributed by atoms with van der Waals surface area (Å²) in [6.07, 6.45) is 2.04. The third-order valence-corrected chi connectivity index (χ3v) is 4.41. The van der Waals surface area contributed by atoms with Gasteiger partial charge in [-0.05, 0) is 25.2 Å². The third kappa shape index (κ3) is 2.36. The molecule has 1 aliphatic heterocycles.